The summed E-state index contributed by atoms with van der Waals surface area (Å²) in [5.74, 6) is 0.298. The summed E-state index contributed by atoms with van der Waals surface area (Å²) in [6, 6.07) is 3.39. The molecule has 0 atom stereocenters. The first kappa shape index (κ1) is 19.6. The molecule has 24 heavy (non-hydrogen) atoms. The van der Waals surface area contributed by atoms with Crippen molar-refractivity contribution in [2.45, 2.75) is 32.7 Å². The van der Waals surface area contributed by atoms with Crippen LogP contribution in [0.3, 0.4) is 0 Å². The number of amides is 1. The van der Waals surface area contributed by atoms with E-state index in [4.69, 9.17) is 19.3 Å². The summed E-state index contributed by atoms with van der Waals surface area (Å²) in [6.45, 7) is 3.28. The van der Waals surface area contributed by atoms with E-state index in [0.717, 1.165) is 5.56 Å². The number of carbonyl (C=O) groups excluding carboxylic acids is 1. The van der Waals surface area contributed by atoms with Crippen LogP contribution in [-0.2, 0) is 16.0 Å². The summed E-state index contributed by atoms with van der Waals surface area (Å²) in [5.41, 5.74) is 0.844. The van der Waals surface area contributed by atoms with Gasteiger partial charge in [0.2, 0.25) is 11.7 Å². The standard InChI is InChI=1S/C17H25NO6/c1-11(2)18(10-16(20)21)15(19)7-6-12-8-13(22-3)17(24-5)14(9-12)23-4/h8-9,11H,6-7,10H2,1-5H3,(H,20,21). The first-order valence-electron chi connectivity index (χ1n) is 7.64. The second-order valence-electron chi connectivity index (χ2n) is 5.54. The number of rotatable bonds is 9. The Kier molecular flexibility index (Phi) is 7.35. The summed E-state index contributed by atoms with van der Waals surface area (Å²) < 4.78 is 15.8. The molecule has 1 amide bonds. The van der Waals surface area contributed by atoms with Crippen LogP contribution in [0.2, 0.25) is 0 Å². The van der Waals surface area contributed by atoms with E-state index in [-0.39, 0.29) is 24.9 Å². The van der Waals surface area contributed by atoms with E-state index in [2.05, 4.69) is 0 Å². The van der Waals surface area contributed by atoms with Crippen LogP contribution in [0.5, 0.6) is 17.2 Å². The van der Waals surface area contributed by atoms with Crippen LogP contribution < -0.4 is 14.2 Å². The smallest absolute Gasteiger partial charge is 0.323 e. The number of benzene rings is 1. The van der Waals surface area contributed by atoms with E-state index < -0.39 is 5.97 Å². The van der Waals surface area contributed by atoms with Crippen LogP contribution in [0.4, 0.5) is 0 Å². The van der Waals surface area contributed by atoms with Crippen molar-refractivity contribution in [3.63, 3.8) is 0 Å². The number of hydrogen-bond donors (Lipinski definition) is 1. The predicted molar refractivity (Wildman–Crippen MR) is 88.9 cm³/mol. The van der Waals surface area contributed by atoms with Crippen molar-refractivity contribution < 1.29 is 28.9 Å². The van der Waals surface area contributed by atoms with Crippen LogP contribution >= 0.6 is 0 Å². The second kappa shape index (κ2) is 9.00. The number of carbonyl (C=O) groups is 2. The number of carboxylic acids is 1. The molecule has 0 spiro atoms. The number of methoxy groups -OCH3 is 3. The first-order chi connectivity index (χ1) is 11.3. The molecule has 0 fully saturated rings. The molecule has 1 aromatic rings. The zero-order chi connectivity index (χ0) is 18.3. The van der Waals surface area contributed by atoms with Crippen LogP contribution in [0.1, 0.15) is 25.8 Å². The fourth-order valence-corrected chi connectivity index (χ4v) is 2.38. The molecule has 0 aliphatic carbocycles. The number of nitrogens with zero attached hydrogens (tertiary/aromatic N) is 1. The molecule has 1 aromatic carbocycles. The third kappa shape index (κ3) is 5.04. The van der Waals surface area contributed by atoms with Gasteiger partial charge in [0.15, 0.2) is 11.5 Å². The molecule has 1 N–H and O–H groups in total. The molecule has 0 heterocycles. The Labute approximate surface area is 142 Å². The molecule has 7 heteroatoms. The topological polar surface area (TPSA) is 85.3 Å². The summed E-state index contributed by atoms with van der Waals surface area (Å²) in [6.07, 6.45) is 0.641. The Morgan fingerprint density at radius 2 is 1.62 bits per heavy atom. The molecular weight excluding hydrogens is 314 g/mol. The van der Waals surface area contributed by atoms with Crippen LogP contribution in [-0.4, -0.2) is 55.8 Å². The maximum absolute atomic E-state index is 12.3. The summed E-state index contributed by atoms with van der Waals surface area (Å²) in [4.78, 5) is 24.5. The van der Waals surface area contributed by atoms with Gasteiger partial charge in [-0.15, -0.1) is 0 Å². The van der Waals surface area contributed by atoms with Gasteiger partial charge in [-0.05, 0) is 38.0 Å². The molecule has 0 bridgehead atoms. The SMILES string of the molecule is COc1cc(CCC(=O)N(CC(=O)O)C(C)C)cc(OC)c1OC. The number of aryl methyl sites for hydroxylation is 1. The lowest BCUT2D eigenvalue weighted by Crippen LogP contribution is -2.40. The van der Waals surface area contributed by atoms with Gasteiger partial charge in [0.25, 0.3) is 0 Å². The fourth-order valence-electron chi connectivity index (χ4n) is 2.38. The highest BCUT2D eigenvalue weighted by atomic mass is 16.5. The summed E-state index contributed by atoms with van der Waals surface area (Å²) in [7, 11) is 4.58. The van der Waals surface area contributed by atoms with E-state index in [9.17, 15) is 9.59 Å². The van der Waals surface area contributed by atoms with Crippen molar-refractivity contribution >= 4 is 11.9 Å². The molecule has 0 aliphatic rings. The Balaban J connectivity index is 2.89. The van der Waals surface area contributed by atoms with Crippen molar-refractivity contribution in [2.75, 3.05) is 27.9 Å². The first-order valence-corrected chi connectivity index (χ1v) is 7.64. The predicted octanol–water partition coefficient (Wildman–Crippen LogP) is 1.97. The monoisotopic (exact) mass is 339 g/mol. The maximum Gasteiger partial charge on any atom is 0.323 e. The second-order valence-corrected chi connectivity index (χ2v) is 5.54. The molecular formula is C17H25NO6. The van der Waals surface area contributed by atoms with Gasteiger partial charge in [-0.3, -0.25) is 9.59 Å². The minimum atomic E-state index is -1.02. The average Bonchev–Trinajstić information content (AvgIpc) is 2.55. The number of hydrogen-bond acceptors (Lipinski definition) is 5. The lowest BCUT2D eigenvalue weighted by Gasteiger charge is -2.25. The Bertz CT molecular complexity index is 559. The summed E-state index contributed by atoms with van der Waals surface area (Å²) in [5, 5.41) is 8.92. The Hall–Kier alpha value is -2.44. The molecule has 0 aliphatic heterocycles. The lowest BCUT2D eigenvalue weighted by atomic mass is 10.1. The highest BCUT2D eigenvalue weighted by molar-refractivity contribution is 5.81. The van der Waals surface area contributed by atoms with Gasteiger partial charge >= 0.3 is 5.97 Å². The molecule has 0 aromatic heterocycles. The molecule has 134 valence electrons. The molecule has 0 saturated carbocycles. The molecule has 0 saturated heterocycles. The zero-order valence-electron chi connectivity index (χ0n) is 14.8. The molecule has 1 rings (SSSR count). The minimum absolute atomic E-state index is 0.173. The quantitative estimate of drug-likeness (QED) is 0.740. The van der Waals surface area contributed by atoms with Crippen molar-refractivity contribution in [2.24, 2.45) is 0 Å². The van der Waals surface area contributed by atoms with Gasteiger partial charge in [0.05, 0.1) is 21.3 Å². The largest absolute Gasteiger partial charge is 0.493 e. The van der Waals surface area contributed by atoms with Gasteiger partial charge in [0.1, 0.15) is 6.54 Å². The van der Waals surface area contributed by atoms with Gasteiger partial charge in [-0.1, -0.05) is 0 Å². The van der Waals surface area contributed by atoms with Gasteiger partial charge < -0.3 is 24.2 Å². The van der Waals surface area contributed by atoms with Crippen molar-refractivity contribution in [1.29, 1.82) is 0 Å². The Morgan fingerprint density at radius 1 is 1.08 bits per heavy atom. The fraction of sp³-hybridized carbons (Fsp3) is 0.529. The molecule has 7 nitrogen and oxygen atoms in total. The summed E-state index contributed by atoms with van der Waals surface area (Å²) >= 11 is 0. The van der Waals surface area contributed by atoms with Crippen molar-refractivity contribution in [1.82, 2.24) is 4.90 Å². The van der Waals surface area contributed by atoms with Gasteiger partial charge in [0, 0.05) is 12.5 Å². The molecule has 0 unspecified atom stereocenters. The van der Waals surface area contributed by atoms with E-state index in [1.807, 2.05) is 0 Å². The molecule has 0 radical (unpaired) electrons. The highest BCUT2D eigenvalue weighted by Crippen LogP contribution is 2.38. The third-order valence-corrected chi connectivity index (χ3v) is 3.60. The van der Waals surface area contributed by atoms with E-state index >= 15 is 0 Å². The van der Waals surface area contributed by atoms with E-state index in [0.29, 0.717) is 23.7 Å². The lowest BCUT2D eigenvalue weighted by molar-refractivity contribution is -0.145. The highest BCUT2D eigenvalue weighted by Gasteiger charge is 2.20. The number of carboxylic acid groups (broad SMARTS) is 1. The van der Waals surface area contributed by atoms with Crippen molar-refractivity contribution in [3.05, 3.63) is 17.7 Å². The van der Waals surface area contributed by atoms with Gasteiger partial charge in [-0.2, -0.15) is 0 Å². The number of aliphatic carboxylic acids is 1. The van der Waals surface area contributed by atoms with Crippen LogP contribution in [0.25, 0.3) is 0 Å². The average molecular weight is 339 g/mol. The third-order valence-electron chi connectivity index (χ3n) is 3.60. The Morgan fingerprint density at radius 3 is 2.00 bits per heavy atom. The van der Waals surface area contributed by atoms with Gasteiger partial charge in [-0.25, -0.2) is 0 Å². The van der Waals surface area contributed by atoms with Crippen molar-refractivity contribution in [3.8, 4) is 17.2 Å². The number of ether oxygens (including phenoxy) is 3. The normalized spacial score (nSPS) is 10.4. The zero-order valence-corrected chi connectivity index (χ0v) is 14.8. The van der Waals surface area contributed by atoms with Crippen LogP contribution in [0.15, 0.2) is 12.1 Å². The van der Waals surface area contributed by atoms with E-state index in [1.165, 1.54) is 26.2 Å². The maximum atomic E-state index is 12.3. The van der Waals surface area contributed by atoms with E-state index in [1.54, 1.807) is 26.0 Å². The minimum Gasteiger partial charge on any atom is -0.493 e. The van der Waals surface area contributed by atoms with Crippen LogP contribution in [0, 0.1) is 0 Å².